The minimum atomic E-state index is -1.08. The molecule has 0 bridgehead atoms. The van der Waals surface area contributed by atoms with Crippen molar-refractivity contribution in [1.82, 2.24) is 14.8 Å². The third-order valence-electron chi connectivity index (χ3n) is 2.51. The molecule has 8 nitrogen and oxygen atoms in total. The molecule has 2 heterocycles. The van der Waals surface area contributed by atoms with E-state index in [2.05, 4.69) is 10.1 Å². The number of ether oxygens (including phenoxy) is 1. The monoisotopic (exact) mass is 276 g/mol. The van der Waals surface area contributed by atoms with E-state index in [4.69, 9.17) is 15.6 Å². The third-order valence-corrected chi connectivity index (χ3v) is 2.51. The van der Waals surface area contributed by atoms with Crippen LogP contribution in [0.25, 0.3) is 5.82 Å². The molecule has 2 aromatic rings. The molecule has 0 saturated carbocycles. The summed E-state index contributed by atoms with van der Waals surface area (Å²) in [5.74, 6) is -1.26. The van der Waals surface area contributed by atoms with E-state index in [9.17, 15) is 9.59 Å². The van der Waals surface area contributed by atoms with Gasteiger partial charge in [0.05, 0.1) is 18.4 Å². The van der Waals surface area contributed by atoms with E-state index in [-0.39, 0.29) is 23.6 Å². The maximum atomic E-state index is 11.6. The molecule has 0 fully saturated rings. The van der Waals surface area contributed by atoms with Gasteiger partial charge in [-0.05, 0) is 19.1 Å². The number of nitrogen functional groups attached to an aromatic ring is 1. The van der Waals surface area contributed by atoms with Gasteiger partial charge in [0.2, 0.25) is 0 Å². The highest BCUT2D eigenvalue weighted by molar-refractivity contribution is 5.94. The fraction of sp³-hybridized carbons (Fsp3) is 0.167. The molecule has 0 spiro atoms. The van der Waals surface area contributed by atoms with Gasteiger partial charge < -0.3 is 15.6 Å². The lowest BCUT2D eigenvalue weighted by Crippen LogP contribution is -2.10. The number of rotatable bonds is 4. The zero-order chi connectivity index (χ0) is 14.7. The first-order chi connectivity index (χ1) is 9.54. The maximum absolute atomic E-state index is 11.6. The van der Waals surface area contributed by atoms with Crippen molar-refractivity contribution in [2.45, 2.75) is 6.92 Å². The Balaban J connectivity index is 2.34. The van der Waals surface area contributed by atoms with Crippen molar-refractivity contribution in [3.8, 4) is 5.82 Å². The number of carboxylic acid groups (broad SMARTS) is 1. The Morgan fingerprint density at radius 2 is 2.15 bits per heavy atom. The van der Waals surface area contributed by atoms with Crippen LogP contribution in [-0.4, -0.2) is 38.4 Å². The van der Waals surface area contributed by atoms with Gasteiger partial charge in [-0.15, -0.1) is 0 Å². The smallest absolute Gasteiger partial charge is 0.343 e. The Morgan fingerprint density at radius 3 is 2.70 bits per heavy atom. The number of nitrogens with zero attached hydrogens (tertiary/aromatic N) is 3. The lowest BCUT2D eigenvalue weighted by atomic mass is 10.3. The SMILES string of the molecule is CCOC(=O)c1cnn(-c2ccc(C(=O)O)cn2)c1N. The van der Waals surface area contributed by atoms with Crippen LogP contribution in [0, 0.1) is 0 Å². The van der Waals surface area contributed by atoms with Crippen molar-refractivity contribution >= 4 is 17.8 Å². The molecule has 0 aromatic carbocycles. The number of carbonyl (C=O) groups is 2. The first-order valence-electron chi connectivity index (χ1n) is 5.75. The minimum Gasteiger partial charge on any atom is -0.478 e. The fourth-order valence-electron chi connectivity index (χ4n) is 1.54. The highest BCUT2D eigenvalue weighted by atomic mass is 16.5. The van der Waals surface area contributed by atoms with Gasteiger partial charge in [-0.2, -0.15) is 9.78 Å². The average molecular weight is 276 g/mol. The second kappa shape index (κ2) is 5.39. The van der Waals surface area contributed by atoms with Gasteiger partial charge >= 0.3 is 11.9 Å². The Bertz CT molecular complexity index is 648. The number of carboxylic acids is 1. The quantitative estimate of drug-likeness (QED) is 0.789. The second-order valence-electron chi connectivity index (χ2n) is 3.79. The molecule has 8 heteroatoms. The molecule has 20 heavy (non-hydrogen) atoms. The summed E-state index contributed by atoms with van der Waals surface area (Å²) in [7, 11) is 0. The molecule has 104 valence electrons. The molecule has 0 radical (unpaired) electrons. The van der Waals surface area contributed by atoms with E-state index in [0.717, 1.165) is 0 Å². The Morgan fingerprint density at radius 1 is 1.40 bits per heavy atom. The van der Waals surface area contributed by atoms with Crippen molar-refractivity contribution in [2.24, 2.45) is 0 Å². The number of esters is 1. The molecule has 0 aliphatic heterocycles. The summed E-state index contributed by atoms with van der Waals surface area (Å²) in [5, 5.41) is 12.7. The van der Waals surface area contributed by atoms with E-state index < -0.39 is 11.9 Å². The number of carbonyl (C=O) groups excluding carboxylic acids is 1. The zero-order valence-corrected chi connectivity index (χ0v) is 10.6. The van der Waals surface area contributed by atoms with Crippen LogP contribution in [-0.2, 0) is 4.74 Å². The number of pyridine rings is 1. The predicted molar refractivity (Wildman–Crippen MR) is 68.7 cm³/mol. The van der Waals surface area contributed by atoms with Gasteiger partial charge in [0.15, 0.2) is 5.82 Å². The van der Waals surface area contributed by atoms with Crippen molar-refractivity contribution < 1.29 is 19.4 Å². The van der Waals surface area contributed by atoms with Gasteiger partial charge in [-0.25, -0.2) is 14.6 Å². The van der Waals surface area contributed by atoms with E-state index in [1.807, 2.05) is 0 Å². The van der Waals surface area contributed by atoms with Crippen LogP contribution in [0.15, 0.2) is 24.5 Å². The fourth-order valence-corrected chi connectivity index (χ4v) is 1.54. The van der Waals surface area contributed by atoms with Gasteiger partial charge in [0.1, 0.15) is 11.4 Å². The molecule has 0 unspecified atom stereocenters. The molecule has 0 atom stereocenters. The highest BCUT2D eigenvalue weighted by Crippen LogP contribution is 2.16. The molecule has 0 aliphatic carbocycles. The van der Waals surface area contributed by atoms with Crippen LogP contribution >= 0.6 is 0 Å². The van der Waals surface area contributed by atoms with Crippen molar-refractivity contribution in [3.63, 3.8) is 0 Å². The third kappa shape index (κ3) is 2.44. The normalized spacial score (nSPS) is 10.2. The molecule has 0 saturated heterocycles. The predicted octanol–water partition coefficient (Wildman–Crippen LogP) is 0.724. The average Bonchev–Trinajstić information content (AvgIpc) is 2.81. The molecule has 2 rings (SSSR count). The van der Waals surface area contributed by atoms with Crippen molar-refractivity contribution in [3.05, 3.63) is 35.7 Å². The summed E-state index contributed by atoms with van der Waals surface area (Å²) in [5.41, 5.74) is 5.99. The van der Waals surface area contributed by atoms with Gasteiger partial charge in [-0.1, -0.05) is 0 Å². The lowest BCUT2D eigenvalue weighted by molar-refractivity contribution is 0.0527. The topological polar surface area (TPSA) is 120 Å². The summed E-state index contributed by atoms with van der Waals surface area (Å²) < 4.78 is 6.07. The van der Waals surface area contributed by atoms with E-state index >= 15 is 0 Å². The molecule has 0 amide bonds. The molecule has 3 N–H and O–H groups in total. The van der Waals surface area contributed by atoms with Crippen LogP contribution in [0.2, 0.25) is 0 Å². The Labute approximate surface area is 113 Å². The van der Waals surface area contributed by atoms with E-state index in [1.54, 1.807) is 6.92 Å². The number of aromatic carboxylic acids is 1. The van der Waals surface area contributed by atoms with Crippen LogP contribution in [0.4, 0.5) is 5.82 Å². The number of aromatic nitrogens is 3. The van der Waals surface area contributed by atoms with E-state index in [0.29, 0.717) is 5.82 Å². The molecule has 2 aromatic heterocycles. The Kier molecular flexibility index (Phi) is 3.65. The summed E-state index contributed by atoms with van der Waals surface area (Å²) in [4.78, 5) is 26.3. The number of nitrogens with two attached hydrogens (primary N) is 1. The first kappa shape index (κ1) is 13.5. The highest BCUT2D eigenvalue weighted by Gasteiger charge is 2.17. The van der Waals surface area contributed by atoms with Gasteiger partial charge in [0, 0.05) is 6.20 Å². The van der Waals surface area contributed by atoms with Gasteiger partial charge in [-0.3, -0.25) is 0 Å². The van der Waals surface area contributed by atoms with Crippen molar-refractivity contribution in [1.29, 1.82) is 0 Å². The summed E-state index contributed by atoms with van der Waals surface area (Å²) in [6, 6.07) is 2.82. The lowest BCUT2D eigenvalue weighted by Gasteiger charge is -2.04. The molecular weight excluding hydrogens is 264 g/mol. The standard InChI is InChI=1S/C12H12N4O4/c1-2-20-12(19)8-6-15-16(10(8)13)9-4-3-7(5-14-9)11(17)18/h3-6H,2,13H2,1H3,(H,17,18). The number of anilines is 1. The van der Waals surface area contributed by atoms with Crippen LogP contribution in [0.5, 0.6) is 0 Å². The number of hydrogen-bond donors (Lipinski definition) is 2. The minimum absolute atomic E-state index is 0.0464. The largest absolute Gasteiger partial charge is 0.478 e. The van der Waals surface area contributed by atoms with Crippen LogP contribution < -0.4 is 5.73 Å². The van der Waals surface area contributed by atoms with Crippen LogP contribution in [0.1, 0.15) is 27.6 Å². The van der Waals surface area contributed by atoms with Crippen molar-refractivity contribution in [2.75, 3.05) is 12.3 Å². The molecule has 0 aliphatic rings. The van der Waals surface area contributed by atoms with Gasteiger partial charge in [0.25, 0.3) is 0 Å². The molecular formula is C12H12N4O4. The van der Waals surface area contributed by atoms with Crippen LogP contribution in [0.3, 0.4) is 0 Å². The van der Waals surface area contributed by atoms with E-state index in [1.165, 1.54) is 29.2 Å². The summed E-state index contributed by atoms with van der Waals surface area (Å²) in [6.07, 6.45) is 2.46. The Hall–Kier alpha value is -2.90. The number of hydrogen-bond acceptors (Lipinski definition) is 6. The summed E-state index contributed by atoms with van der Waals surface area (Å²) >= 11 is 0. The zero-order valence-electron chi connectivity index (χ0n) is 10.6. The first-order valence-corrected chi connectivity index (χ1v) is 5.75. The maximum Gasteiger partial charge on any atom is 0.343 e. The second-order valence-corrected chi connectivity index (χ2v) is 3.79. The summed E-state index contributed by atoms with van der Waals surface area (Å²) in [6.45, 7) is 1.92.